The average Bonchev–Trinajstić information content (AvgIpc) is 2.97. The number of urea groups is 1. The second kappa shape index (κ2) is 8.79. The Morgan fingerprint density at radius 1 is 1.18 bits per heavy atom. The first kappa shape index (κ1) is 19.7. The highest BCUT2D eigenvalue weighted by molar-refractivity contribution is 6.04. The lowest BCUT2D eigenvalue weighted by atomic mass is 10.1. The molecular formula is C18H22FN5O4. The highest BCUT2D eigenvalue weighted by atomic mass is 19.1. The SMILES string of the molecule is O=C(CN1CCN(C(=O)CCC2NC(=O)NC2=O)CC1)Nc1cccc(F)c1. The van der Waals surface area contributed by atoms with Crippen molar-refractivity contribution >= 4 is 29.4 Å². The van der Waals surface area contributed by atoms with Crippen molar-refractivity contribution in [1.29, 1.82) is 0 Å². The average molecular weight is 391 g/mol. The Bertz CT molecular complexity index is 779. The maximum absolute atomic E-state index is 13.2. The number of carbonyl (C=O) groups excluding carboxylic acids is 4. The zero-order valence-electron chi connectivity index (χ0n) is 15.2. The normalized spacial score (nSPS) is 19.9. The molecule has 2 fully saturated rings. The first-order valence-corrected chi connectivity index (χ1v) is 9.07. The van der Waals surface area contributed by atoms with Gasteiger partial charge in [0.25, 0.3) is 5.91 Å². The molecule has 2 aliphatic rings. The number of benzene rings is 1. The Hall–Kier alpha value is -3.01. The van der Waals surface area contributed by atoms with Crippen molar-refractivity contribution in [2.45, 2.75) is 18.9 Å². The predicted octanol–water partition coefficient (Wildman–Crippen LogP) is -0.103. The Balaban J connectivity index is 1.38. The summed E-state index contributed by atoms with van der Waals surface area (Å²) in [6.45, 7) is 2.21. The van der Waals surface area contributed by atoms with Crippen LogP contribution < -0.4 is 16.0 Å². The molecule has 3 rings (SSSR count). The molecule has 1 atom stereocenters. The fraction of sp³-hybridized carbons (Fsp3) is 0.444. The van der Waals surface area contributed by atoms with Gasteiger partial charge in [0, 0.05) is 38.3 Å². The van der Waals surface area contributed by atoms with Crippen LogP contribution in [0.25, 0.3) is 0 Å². The lowest BCUT2D eigenvalue weighted by Gasteiger charge is -2.34. The van der Waals surface area contributed by atoms with Gasteiger partial charge in [0.2, 0.25) is 11.8 Å². The number of nitrogens with one attached hydrogen (secondary N) is 3. The summed E-state index contributed by atoms with van der Waals surface area (Å²) in [4.78, 5) is 50.5. The minimum Gasteiger partial charge on any atom is -0.340 e. The van der Waals surface area contributed by atoms with Crippen LogP contribution in [0.1, 0.15) is 12.8 Å². The largest absolute Gasteiger partial charge is 0.340 e. The molecule has 1 unspecified atom stereocenters. The fourth-order valence-corrected chi connectivity index (χ4v) is 3.21. The second-order valence-corrected chi connectivity index (χ2v) is 6.77. The van der Waals surface area contributed by atoms with E-state index in [1.165, 1.54) is 18.2 Å². The third kappa shape index (κ3) is 5.26. The molecule has 5 amide bonds. The number of anilines is 1. The van der Waals surface area contributed by atoms with Crippen LogP contribution in [0.5, 0.6) is 0 Å². The quantitative estimate of drug-likeness (QED) is 0.587. The number of halogens is 1. The van der Waals surface area contributed by atoms with Gasteiger partial charge in [0.05, 0.1) is 6.54 Å². The fourth-order valence-electron chi connectivity index (χ4n) is 3.21. The molecule has 1 aromatic rings. The number of amides is 5. The molecule has 0 saturated carbocycles. The number of hydrogen-bond donors (Lipinski definition) is 3. The molecule has 10 heteroatoms. The number of carbonyl (C=O) groups is 4. The monoisotopic (exact) mass is 391 g/mol. The second-order valence-electron chi connectivity index (χ2n) is 6.77. The van der Waals surface area contributed by atoms with Crippen molar-refractivity contribution in [1.82, 2.24) is 20.4 Å². The molecular weight excluding hydrogens is 369 g/mol. The molecule has 1 aromatic carbocycles. The van der Waals surface area contributed by atoms with Crippen LogP contribution in [0.2, 0.25) is 0 Å². The van der Waals surface area contributed by atoms with E-state index in [1.54, 1.807) is 11.0 Å². The van der Waals surface area contributed by atoms with E-state index in [2.05, 4.69) is 16.0 Å². The zero-order chi connectivity index (χ0) is 20.1. The maximum atomic E-state index is 13.2. The number of hydrogen-bond acceptors (Lipinski definition) is 5. The summed E-state index contributed by atoms with van der Waals surface area (Å²) in [7, 11) is 0. The van der Waals surface area contributed by atoms with Gasteiger partial charge in [-0.15, -0.1) is 0 Å². The standard InChI is InChI=1S/C18H22FN5O4/c19-12-2-1-3-13(10-12)20-15(25)11-23-6-8-24(9-7-23)16(26)5-4-14-17(27)22-18(28)21-14/h1-3,10,14H,4-9,11H2,(H,20,25)(H2,21,22,27,28). The Morgan fingerprint density at radius 3 is 2.57 bits per heavy atom. The van der Waals surface area contributed by atoms with Gasteiger partial charge in [-0.25, -0.2) is 9.18 Å². The number of piperazine rings is 1. The summed E-state index contributed by atoms with van der Waals surface area (Å²) < 4.78 is 13.2. The lowest BCUT2D eigenvalue weighted by molar-refractivity contribution is -0.133. The van der Waals surface area contributed by atoms with Crippen LogP contribution >= 0.6 is 0 Å². The Labute approximate surface area is 161 Å². The lowest BCUT2D eigenvalue weighted by Crippen LogP contribution is -2.50. The number of imide groups is 1. The molecule has 2 heterocycles. The van der Waals surface area contributed by atoms with Crippen LogP contribution in [0.3, 0.4) is 0 Å². The van der Waals surface area contributed by atoms with E-state index in [0.29, 0.717) is 31.9 Å². The van der Waals surface area contributed by atoms with Crippen LogP contribution in [0.4, 0.5) is 14.9 Å². The smallest absolute Gasteiger partial charge is 0.322 e. The van der Waals surface area contributed by atoms with Crippen molar-refractivity contribution in [2.24, 2.45) is 0 Å². The molecule has 28 heavy (non-hydrogen) atoms. The van der Waals surface area contributed by atoms with E-state index in [0.717, 1.165) is 0 Å². The highest BCUT2D eigenvalue weighted by Gasteiger charge is 2.30. The van der Waals surface area contributed by atoms with Crippen molar-refractivity contribution in [3.05, 3.63) is 30.1 Å². The van der Waals surface area contributed by atoms with Crippen LogP contribution in [0, 0.1) is 5.82 Å². The zero-order valence-corrected chi connectivity index (χ0v) is 15.2. The minimum atomic E-state index is -0.663. The number of nitrogens with zero attached hydrogens (tertiary/aromatic N) is 2. The first-order chi connectivity index (χ1) is 13.4. The van der Waals surface area contributed by atoms with Gasteiger partial charge in [-0.2, -0.15) is 0 Å². The van der Waals surface area contributed by atoms with E-state index in [4.69, 9.17) is 0 Å². The molecule has 9 nitrogen and oxygen atoms in total. The van der Waals surface area contributed by atoms with Gasteiger partial charge in [-0.3, -0.25) is 24.6 Å². The maximum Gasteiger partial charge on any atom is 0.322 e. The minimum absolute atomic E-state index is 0.0854. The molecule has 0 bridgehead atoms. The molecule has 150 valence electrons. The van der Waals surface area contributed by atoms with Crippen molar-refractivity contribution < 1.29 is 23.6 Å². The topological polar surface area (TPSA) is 111 Å². The summed E-state index contributed by atoms with van der Waals surface area (Å²) in [6, 6.07) is 4.50. The van der Waals surface area contributed by atoms with Crippen molar-refractivity contribution in [3.63, 3.8) is 0 Å². The van der Waals surface area contributed by atoms with Crippen LogP contribution in [0.15, 0.2) is 24.3 Å². The van der Waals surface area contributed by atoms with Gasteiger partial charge in [0.15, 0.2) is 0 Å². The molecule has 0 aliphatic carbocycles. The molecule has 0 spiro atoms. The number of rotatable bonds is 6. The molecule has 3 N–H and O–H groups in total. The van der Waals surface area contributed by atoms with Gasteiger partial charge in [-0.05, 0) is 24.6 Å². The van der Waals surface area contributed by atoms with E-state index in [-0.39, 0.29) is 31.2 Å². The summed E-state index contributed by atoms with van der Waals surface area (Å²) in [5.41, 5.74) is 0.404. The summed E-state index contributed by atoms with van der Waals surface area (Å²) in [5.74, 6) is -1.15. The van der Waals surface area contributed by atoms with E-state index in [9.17, 15) is 23.6 Å². The Kier molecular flexibility index (Phi) is 6.19. The van der Waals surface area contributed by atoms with Crippen LogP contribution in [-0.2, 0) is 14.4 Å². The molecule has 2 saturated heterocycles. The van der Waals surface area contributed by atoms with Crippen molar-refractivity contribution in [3.8, 4) is 0 Å². The predicted molar refractivity (Wildman–Crippen MR) is 97.7 cm³/mol. The summed E-state index contributed by atoms with van der Waals surface area (Å²) >= 11 is 0. The molecule has 0 radical (unpaired) electrons. The van der Waals surface area contributed by atoms with E-state index in [1.807, 2.05) is 4.90 Å². The summed E-state index contributed by atoms with van der Waals surface area (Å²) in [5, 5.41) is 7.25. The van der Waals surface area contributed by atoms with Gasteiger partial charge in [0.1, 0.15) is 11.9 Å². The summed E-state index contributed by atoms with van der Waals surface area (Å²) in [6.07, 6.45) is 0.422. The third-order valence-corrected chi connectivity index (χ3v) is 4.71. The van der Waals surface area contributed by atoms with Crippen molar-refractivity contribution in [2.75, 3.05) is 38.0 Å². The first-order valence-electron chi connectivity index (χ1n) is 9.07. The van der Waals surface area contributed by atoms with Gasteiger partial charge >= 0.3 is 6.03 Å². The molecule has 2 aliphatic heterocycles. The Morgan fingerprint density at radius 2 is 1.93 bits per heavy atom. The van der Waals surface area contributed by atoms with E-state index < -0.39 is 23.8 Å². The molecule has 0 aromatic heterocycles. The van der Waals surface area contributed by atoms with Gasteiger partial charge < -0.3 is 15.5 Å². The highest BCUT2D eigenvalue weighted by Crippen LogP contribution is 2.11. The van der Waals surface area contributed by atoms with E-state index >= 15 is 0 Å². The van der Waals surface area contributed by atoms with Gasteiger partial charge in [-0.1, -0.05) is 6.07 Å². The van der Waals surface area contributed by atoms with Crippen LogP contribution in [-0.4, -0.2) is 72.3 Å². The third-order valence-electron chi connectivity index (χ3n) is 4.71.